The van der Waals surface area contributed by atoms with Crippen LogP contribution in [-0.4, -0.2) is 28.9 Å². The molecule has 0 unspecified atom stereocenters. The second kappa shape index (κ2) is 6.56. The van der Waals surface area contributed by atoms with Gasteiger partial charge in [0.2, 0.25) is 5.91 Å². The first-order chi connectivity index (χ1) is 9.17. The van der Waals surface area contributed by atoms with Gasteiger partial charge < -0.3 is 16.4 Å². The Morgan fingerprint density at radius 3 is 2.55 bits per heavy atom. The van der Waals surface area contributed by atoms with Crippen molar-refractivity contribution in [1.29, 1.82) is 0 Å². The molecular formula is C13H19ClN4O2. The Morgan fingerprint density at radius 2 is 2.00 bits per heavy atom. The van der Waals surface area contributed by atoms with Crippen molar-refractivity contribution < 1.29 is 9.59 Å². The number of nitrogen functional groups attached to an aromatic ring is 1. The van der Waals surface area contributed by atoms with E-state index in [1.165, 1.54) is 12.1 Å². The first-order valence-electron chi connectivity index (χ1n) is 6.19. The zero-order valence-electron chi connectivity index (χ0n) is 11.8. The van der Waals surface area contributed by atoms with Crippen LogP contribution in [0.4, 0.5) is 5.82 Å². The molecule has 110 valence electrons. The summed E-state index contributed by atoms with van der Waals surface area (Å²) in [6.45, 7) is 5.92. The van der Waals surface area contributed by atoms with Crippen LogP contribution in [0, 0.1) is 0 Å². The van der Waals surface area contributed by atoms with Gasteiger partial charge in [-0.3, -0.25) is 9.59 Å². The van der Waals surface area contributed by atoms with Crippen LogP contribution < -0.4 is 16.4 Å². The van der Waals surface area contributed by atoms with E-state index in [1.54, 1.807) is 0 Å². The molecule has 0 spiro atoms. The zero-order chi connectivity index (χ0) is 15.3. The monoisotopic (exact) mass is 298 g/mol. The van der Waals surface area contributed by atoms with Gasteiger partial charge in [0.25, 0.3) is 5.91 Å². The zero-order valence-corrected chi connectivity index (χ0v) is 12.5. The van der Waals surface area contributed by atoms with Crippen molar-refractivity contribution in [3.05, 3.63) is 22.8 Å². The number of carbonyl (C=O) groups excluding carboxylic acids is 2. The topological polar surface area (TPSA) is 97.1 Å². The third-order valence-corrected chi connectivity index (χ3v) is 2.42. The van der Waals surface area contributed by atoms with Crippen molar-refractivity contribution in [1.82, 2.24) is 15.6 Å². The fourth-order valence-electron chi connectivity index (χ4n) is 1.52. The summed E-state index contributed by atoms with van der Waals surface area (Å²) in [6, 6.07) is 2.85. The standard InChI is InChI=1S/C13H19ClN4O2/c1-13(2,3)18-11(19)4-5-16-12(20)8-6-9(14)17-10(15)7-8/h6-7H,4-5H2,1-3H3,(H2,15,17)(H,16,20)(H,18,19). The SMILES string of the molecule is CC(C)(C)NC(=O)CCNC(=O)c1cc(N)nc(Cl)c1. The van der Waals surface area contributed by atoms with E-state index in [-0.39, 0.29) is 41.3 Å². The molecule has 4 N–H and O–H groups in total. The minimum absolute atomic E-state index is 0.120. The van der Waals surface area contributed by atoms with Gasteiger partial charge >= 0.3 is 0 Å². The highest BCUT2D eigenvalue weighted by Crippen LogP contribution is 2.11. The maximum Gasteiger partial charge on any atom is 0.251 e. The van der Waals surface area contributed by atoms with Gasteiger partial charge in [-0.25, -0.2) is 4.98 Å². The predicted molar refractivity (Wildman–Crippen MR) is 78.5 cm³/mol. The largest absolute Gasteiger partial charge is 0.384 e. The van der Waals surface area contributed by atoms with Crippen molar-refractivity contribution in [2.24, 2.45) is 0 Å². The van der Waals surface area contributed by atoms with E-state index < -0.39 is 0 Å². The Labute approximate surface area is 123 Å². The quantitative estimate of drug-likeness (QED) is 0.731. The Kier molecular flexibility index (Phi) is 5.33. The second-order valence-electron chi connectivity index (χ2n) is 5.41. The summed E-state index contributed by atoms with van der Waals surface area (Å²) in [4.78, 5) is 27.2. The molecule has 7 heteroatoms. The summed E-state index contributed by atoms with van der Waals surface area (Å²) in [7, 11) is 0. The minimum Gasteiger partial charge on any atom is -0.384 e. The summed E-state index contributed by atoms with van der Waals surface area (Å²) in [6.07, 6.45) is 0.206. The van der Waals surface area contributed by atoms with Crippen LogP contribution >= 0.6 is 11.6 Å². The molecular weight excluding hydrogens is 280 g/mol. The maximum absolute atomic E-state index is 11.8. The van der Waals surface area contributed by atoms with Gasteiger partial charge in [-0.2, -0.15) is 0 Å². The number of hydrogen-bond acceptors (Lipinski definition) is 4. The molecule has 1 aromatic heterocycles. The Morgan fingerprint density at radius 1 is 1.35 bits per heavy atom. The number of anilines is 1. The molecule has 0 radical (unpaired) electrons. The number of nitrogens with two attached hydrogens (primary N) is 1. The number of halogens is 1. The fraction of sp³-hybridized carbons (Fsp3) is 0.462. The van der Waals surface area contributed by atoms with E-state index in [0.29, 0.717) is 5.56 Å². The molecule has 20 heavy (non-hydrogen) atoms. The van der Waals surface area contributed by atoms with Gasteiger partial charge in [0.1, 0.15) is 11.0 Å². The van der Waals surface area contributed by atoms with Crippen LogP contribution in [0.3, 0.4) is 0 Å². The third-order valence-electron chi connectivity index (χ3n) is 2.23. The number of hydrogen-bond donors (Lipinski definition) is 3. The number of amides is 2. The smallest absolute Gasteiger partial charge is 0.251 e. The number of nitrogens with one attached hydrogen (secondary N) is 2. The van der Waals surface area contributed by atoms with Gasteiger partial charge in [0.15, 0.2) is 0 Å². The summed E-state index contributed by atoms with van der Waals surface area (Å²) in [5.41, 5.74) is 5.54. The Balaban J connectivity index is 2.46. The van der Waals surface area contributed by atoms with Crippen LogP contribution in [0.25, 0.3) is 0 Å². The van der Waals surface area contributed by atoms with E-state index in [9.17, 15) is 9.59 Å². The average Bonchev–Trinajstić information content (AvgIpc) is 2.24. The highest BCUT2D eigenvalue weighted by atomic mass is 35.5. The fourth-order valence-corrected chi connectivity index (χ4v) is 1.74. The van der Waals surface area contributed by atoms with Crippen molar-refractivity contribution in [3.8, 4) is 0 Å². The summed E-state index contributed by atoms with van der Waals surface area (Å²) in [5, 5.41) is 5.59. The lowest BCUT2D eigenvalue weighted by atomic mass is 10.1. The highest BCUT2D eigenvalue weighted by Gasteiger charge is 2.14. The Bertz CT molecular complexity index is 491. The first kappa shape index (κ1) is 16.2. The van der Waals surface area contributed by atoms with Crippen molar-refractivity contribution in [2.45, 2.75) is 32.7 Å². The van der Waals surface area contributed by atoms with Crippen molar-refractivity contribution in [2.75, 3.05) is 12.3 Å². The van der Waals surface area contributed by atoms with Gasteiger partial charge in [0, 0.05) is 24.1 Å². The highest BCUT2D eigenvalue weighted by molar-refractivity contribution is 6.29. The van der Waals surface area contributed by atoms with E-state index in [2.05, 4.69) is 15.6 Å². The first-order valence-corrected chi connectivity index (χ1v) is 6.57. The molecule has 0 atom stereocenters. The normalized spacial score (nSPS) is 11.0. The Hall–Kier alpha value is -1.82. The number of nitrogens with zero attached hydrogens (tertiary/aromatic N) is 1. The third kappa shape index (κ3) is 5.88. The molecule has 0 aliphatic rings. The molecule has 6 nitrogen and oxygen atoms in total. The lowest BCUT2D eigenvalue weighted by molar-refractivity contribution is -0.122. The average molecular weight is 299 g/mol. The summed E-state index contributed by atoms with van der Waals surface area (Å²) >= 11 is 5.72. The van der Waals surface area contributed by atoms with E-state index >= 15 is 0 Å². The van der Waals surface area contributed by atoms with Gasteiger partial charge in [0.05, 0.1) is 0 Å². The molecule has 0 aliphatic carbocycles. The van der Waals surface area contributed by atoms with Crippen LogP contribution in [-0.2, 0) is 4.79 Å². The summed E-state index contributed by atoms with van der Waals surface area (Å²) < 4.78 is 0. The predicted octanol–water partition coefficient (Wildman–Crippen LogP) is 1.35. The van der Waals surface area contributed by atoms with Crippen LogP contribution in [0.15, 0.2) is 12.1 Å². The molecule has 2 amide bonds. The molecule has 1 heterocycles. The lowest BCUT2D eigenvalue weighted by Crippen LogP contribution is -2.42. The van der Waals surface area contributed by atoms with Crippen LogP contribution in [0.5, 0.6) is 0 Å². The van der Waals surface area contributed by atoms with Gasteiger partial charge in [-0.15, -0.1) is 0 Å². The van der Waals surface area contributed by atoms with Gasteiger partial charge in [-0.1, -0.05) is 11.6 Å². The van der Waals surface area contributed by atoms with E-state index in [1.807, 2.05) is 20.8 Å². The molecule has 0 bridgehead atoms. The van der Waals surface area contributed by atoms with E-state index in [4.69, 9.17) is 17.3 Å². The molecule has 0 fully saturated rings. The van der Waals surface area contributed by atoms with Gasteiger partial charge in [-0.05, 0) is 32.9 Å². The molecule has 0 aromatic carbocycles. The number of carbonyl (C=O) groups is 2. The molecule has 0 saturated heterocycles. The summed E-state index contributed by atoms with van der Waals surface area (Å²) in [5.74, 6) is -0.289. The molecule has 0 saturated carbocycles. The molecule has 0 aliphatic heterocycles. The molecule has 1 aromatic rings. The number of rotatable bonds is 4. The van der Waals surface area contributed by atoms with Crippen molar-refractivity contribution in [3.63, 3.8) is 0 Å². The van der Waals surface area contributed by atoms with Crippen molar-refractivity contribution >= 4 is 29.2 Å². The number of pyridine rings is 1. The van der Waals surface area contributed by atoms with E-state index in [0.717, 1.165) is 0 Å². The maximum atomic E-state index is 11.8. The minimum atomic E-state index is -0.343. The lowest BCUT2D eigenvalue weighted by Gasteiger charge is -2.20. The van der Waals surface area contributed by atoms with Crippen LogP contribution in [0.1, 0.15) is 37.6 Å². The molecule has 1 rings (SSSR count). The van der Waals surface area contributed by atoms with Crippen LogP contribution in [0.2, 0.25) is 5.15 Å². The second-order valence-corrected chi connectivity index (χ2v) is 5.79. The number of aromatic nitrogens is 1.